The van der Waals surface area contributed by atoms with Crippen LogP contribution in [0.5, 0.6) is 0 Å². The summed E-state index contributed by atoms with van der Waals surface area (Å²) in [4.78, 5) is 29.5. The number of thiophene rings is 1. The van der Waals surface area contributed by atoms with Gasteiger partial charge in [0.05, 0.1) is 17.1 Å². The molecule has 1 amide bonds. The van der Waals surface area contributed by atoms with Crippen LogP contribution >= 0.6 is 11.3 Å². The number of oxazole rings is 1. The van der Waals surface area contributed by atoms with Crippen molar-refractivity contribution in [2.45, 2.75) is 13.1 Å². The van der Waals surface area contributed by atoms with Gasteiger partial charge >= 0.3 is 5.69 Å². The van der Waals surface area contributed by atoms with E-state index in [2.05, 4.69) is 15.4 Å². The van der Waals surface area contributed by atoms with Gasteiger partial charge in [-0.15, -0.1) is 16.4 Å². The van der Waals surface area contributed by atoms with Gasteiger partial charge in [0.2, 0.25) is 11.8 Å². The number of rotatable bonds is 5. The third-order valence-corrected chi connectivity index (χ3v) is 4.39. The van der Waals surface area contributed by atoms with Crippen LogP contribution in [-0.2, 0) is 17.9 Å². The van der Waals surface area contributed by atoms with Crippen LogP contribution in [0.15, 0.2) is 57.4 Å². The van der Waals surface area contributed by atoms with E-state index in [4.69, 9.17) is 4.42 Å². The number of hydrogen-bond donors (Lipinski definition) is 1. The third kappa shape index (κ3) is 3.09. The first kappa shape index (κ1) is 15.3. The Bertz CT molecular complexity index is 1080. The Kier molecular flexibility index (Phi) is 3.90. The molecule has 4 aromatic rings. The summed E-state index contributed by atoms with van der Waals surface area (Å²) >= 11 is 1.53. The topological polar surface area (TPSA) is 94.4 Å². The number of amides is 1. The zero-order valence-corrected chi connectivity index (χ0v) is 13.8. The number of pyridine rings is 1. The van der Waals surface area contributed by atoms with E-state index < -0.39 is 0 Å². The Balaban J connectivity index is 1.41. The first-order valence-corrected chi connectivity index (χ1v) is 8.38. The van der Waals surface area contributed by atoms with E-state index in [0.717, 1.165) is 9.56 Å². The molecule has 4 heterocycles. The van der Waals surface area contributed by atoms with Crippen LogP contribution in [0.25, 0.3) is 16.4 Å². The summed E-state index contributed by atoms with van der Waals surface area (Å²) in [6.07, 6.45) is 3.12. The van der Waals surface area contributed by atoms with Crippen LogP contribution in [0, 0.1) is 0 Å². The molecule has 9 heteroatoms. The van der Waals surface area contributed by atoms with Crippen LogP contribution in [0.2, 0.25) is 0 Å². The molecule has 126 valence electrons. The molecule has 0 saturated heterocycles. The molecule has 0 spiro atoms. The maximum absolute atomic E-state index is 12.1. The molecule has 0 aromatic carbocycles. The predicted octanol–water partition coefficient (Wildman–Crippen LogP) is 1.53. The Morgan fingerprint density at radius 1 is 1.28 bits per heavy atom. The Morgan fingerprint density at radius 3 is 3.00 bits per heavy atom. The molecule has 0 bridgehead atoms. The fourth-order valence-electron chi connectivity index (χ4n) is 2.35. The fraction of sp³-hybridized carbons (Fsp3) is 0.125. The van der Waals surface area contributed by atoms with Crippen LogP contribution in [0.4, 0.5) is 0 Å². The summed E-state index contributed by atoms with van der Waals surface area (Å²) in [5.74, 6) is 0.196. The minimum atomic E-state index is -0.354. The number of fused-ring (bicyclic) bond motifs is 1. The molecule has 1 N–H and O–H groups in total. The van der Waals surface area contributed by atoms with Gasteiger partial charge in [-0.1, -0.05) is 12.1 Å². The van der Waals surface area contributed by atoms with Gasteiger partial charge < -0.3 is 9.73 Å². The average molecular weight is 355 g/mol. The van der Waals surface area contributed by atoms with Gasteiger partial charge in [0.15, 0.2) is 5.65 Å². The minimum absolute atomic E-state index is 0.157. The molecule has 0 radical (unpaired) electrons. The molecule has 0 aliphatic heterocycles. The maximum atomic E-state index is 12.1. The van der Waals surface area contributed by atoms with E-state index in [9.17, 15) is 9.59 Å². The van der Waals surface area contributed by atoms with Crippen molar-refractivity contribution in [2.24, 2.45) is 0 Å². The zero-order valence-electron chi connectivity index (χ0n) is 13.0. The highest BCUT2D eigenvalue weighted by molar-refractivity contribution is 7.13. The fourth-order valence-corrected chi connectivity index (χ4v) is 3.01. The summed E-state index contributed by atoms with van der Waals surface area (Å²) in [5.41, 5.74) is 0.753. The third-order valence-electron chi connectivity index (χ3n) is 3.53. The number of aromatic nitrogens is 4. The SMILES string of the molecule is O=C(Cn1nc2ccccn2c1=O)NCc1coc(-c2cccs2)n1. The van der Waals surface area contributed by atoms with Crippen LogP contribution in [0.1, 0.15) is 5.69 Å². The van der Waals surface area contributed by atoms with Crippen molar-refractivity contribution in [3.63, 3.8) is 0 Å². The highest BCUT2D eigenvalue weighted by Gasteiger charge is 2.12. The lowest BCUT2D eigenvalue weighted by Crippen LogP contribution is -2.32. The number of carbonyl (C=O) groups excluding carboxylic acids is 1. The number of hydrogen-bond acceptors (Lipinski definition) is 6. The smallest absolute Gasteiger partial charge is 0.350 e. The van der Waals surface area contributed by atoms with Crippen LogP contribution in [-0.4, -0.2) is 25.1 Å². The Morgan fingerprint density at radius 2 is 2.20 bits per heavy atom. The molecule has 0 saturated carbocycles. The van der Waals surface area contributed by atoms with Crippen LogP contribution in [0.3, 0.4) is 0 Å². The second-order valence-corrected chi connectivity index (χ2v) is 6.21. The molecular weight excluding hydrogens is 342 g/mol. The summed E-state index contributed by atoms with van der Waals surface area (Å²) in [6, 6.07) is 9.04. The largest absolute Gasteiger partial charge is 0.443 e. The molecule has 0 aliphatic carbocycles. The number of nitrogens with zero attached hydrogens (tertiary/aromatic N) is 4. The van der Waals surface area contributed by atoms with E-state index in [-0.39, 0.29) is 24.7 Å². The van der Waals surface area contributed by atoms with Gasteiger partial charge in [-0.05, 0) is 23.6 Å². The van der Waals surface area contributed by atoms with Gasteiger partial charge in [-0.25, -0.2) is 14.5 Å². The monoisotopic (exact) mass is 355 g/mol. The predicted molar refractivity (Wildman–Crippen MR) is 91.1 cm³/mol. The molecule has 0 fully saturated rings. The Hall–Kier alpha value is -3.20. The van der Waals surface area contributed by atoms with E-state index in [0.29, 0.717) is 17.2 Å². The average Bonchev–Trinajstić information content (AvgIpc) is 3.34. The molecule has 25 heavy (non-hydrogen) atoms. The number of nitrogens with one attached hydrogen (secondary N) is 1. The summed E-state index contributed by atoms with van der Waals surface area (Å²) in [5, 5.41) is 8.77. The molecule has 0 unspecified atom stereocenters. The van der Waals surface area contributed by atoms with Gasteiger partial charge in [-0.3, -0.25) is 9.20 Å². The highest BCUT2D eigenvalue weighted by atomic mass is 32.1. The highest BCUT2D eigenvalue weighted by Crippen LogP contribution is 2.23. The first-order valence-electron chi connectivity index (χ1n) is 7.50. The van der Waals surface area contributed by atoms with E-state index in [1.165, 1.54) is 22.0 Å². The normalized spacial score (nSPS) is 11.0. The van der Waals surface area contributed by atoms with E-state index >= 15 is 0 Å². The van der Waals surface area contributed by atoms with Gasteiger partial charge in [0.25, 0.3) is 0 Å². The van der Waals surface area contributed by atoms with E-state index in [1.54, 1.807) is 24.4 Å². The lowest BCUT2D eigenvalue weighted by atomic mass is 10.4. The zero-order chi connectivity index (χ0) is 17.2. The lowest BCUT2D eigenvalue weighted by molar-refractivity contribution is -0.122. The van der Waals surface area contributed by atoms with Gasteiger partial charge in [0, 0.05) is 6.20 Å². The van der Waals surface area contributed by atoms with Crippen molar-refractivity contribution < 1.29 is 9.21 Å². The standard InChI is InChI=1S/C16H13N5O3S/c22-14(9-21-16(23)20-6-2-1-5-13(20)19-21)17-8-11-10-24-15(18-11)12-4-3-7-25-12/h1-7,10H,8-9H2,(H,17,22). The van der Waals surface area contributed by atoms with Gasteiger partial charge in [0.1, 0.15) is 12.8 Å². The summed E-state index contributed by atoms with van der Waals surface area (Å²) in [7, 11) is 0. The molecule has 4 rings (SSSR count). The molecule has 0 atom stereocenters. The molecule has 4 aromatic heterocycles. The summed E-state index contributed by atoms with van der Waals surface area (Å²) < 4.78 is 7.91. The Labute approximate surface area is 145 Å². The molecule has 8 nitrogen and oxygen atoms in total. The van der Waals surface area contributed by atoms with Gasteiger partial charge in [-0.2, -0.15) is 0 Å². The second kappa shape index (κ2) is 6.36. The van der Waals surface area contributed by atoms with Crippen molar-refractivity contribution in [1.82, 2.24) is 24.5 Å². The van der Waals surface area contributed by atoms with Crippen molar-refractivity contribution in [3.8, 4) is 10.8 Å². The quantitative estimate of drug-likeness (QED) is 0.586. The van der Waals surface area contributed by atoms with Crippen molar-refractivity contribution >= 4 is 22.9 Å². The molecule has 0 aliphatic rings. The van der Waals surface area contributed by atoms with Crippen molar-refractivity contribution in [2.75, 3.05) is 0 Å². The molecular formula is C16H13N5O3S. The maximum Gasteiger partial charge on any atom is 0.350 e. The van der Waals surface area contributed by atoms with Crippen LogP contribution < -0.4 is 11.0 Å². The first-order chi connectivity index (χ1) is 12.2. The minimum Gasteiger partial charge on any atom is -0.443 e. The van der Waals surface area contributed by atoms with Crippen molar-refractivity contribution in [3.05, 3.63) is 64.4 Å². The number of carbonyl (C=O) groups is 1. The van der Waals surface area contributed by atoms with E-state index in [1.807, 2.05) is 17.5 Å². The lowest BCUT2D eigenvalue weighted by Gasteiger charge is -2.01. The van der Waals surface area contributed by atoms with Crippen molar-refractivity contribution in [1.29, 1.82) is 0 Å². The second-order valence-electron chi connectivity index (χ2n) is 5.27. The summed E-state index contributed by atoms with van der Waals surface area (Å²) in [6.45, 7) is 0.0615.